The van der Waals surface area contributed by atoms with E-state index in [1.54, 1.807) is 6.07 Å². The number of nitrogens with zero attached hydrogens (tertiary/aromatic N) is 5. The number of carbonyl (C=O) groups excluding carboxylic acids is 1. The first kappa shape index (κ1) is 20.0. The van der Waals surface area contributed by atoms with Crippen LogP contribution in [0.2, 0.25) is 0 Å². The van der Waals surface area contributed by atoms with Crippen molar-refractivity contribution < 1.29 is 22.7 Å². The molecule has 1 aliphatic rings. The number of aromatic nitrogens is 4. The number of anilines is 1. The molecule has 30 heavy (non-hydrogen) atoms. The standard InChI is InChI=1S/C19H17F3N6O2/c1-9-16-12(8-30-9)11-5-13(24-6-14(11)25-17(16)23)18(29)28(2)7-10-3-4-15(27-26-10)19(20,21)22/h3-6,9H,7-8H2,1-2H3,(H2,23,25)/t9-/m1/s1. The van der Waals surface area contributed by atoms with E-state index in [9.17, 15) is 18.0 Å². The molecule has 0 bridgehead atoms. The number of alkyl halides is 3. The summed E-state index contributed by atoms with van der Waals surface area (Å²) in [7, 11) is 1.50. The number of ether oxygens (including phenoxy) is 1. The molecule has 3 aromatic heterocycles. The van der Waals surface area contributed by atoms with E-state index in [4.69, 9.17) is 10.5 Å². The molecule has 0 aliphatic carbocycles. The molecule has 8 nitrogen and oxygen atoms in total. The molecule has 0 radical (unpaired) electrons. The zero-order valence-electron chi connectivity index (χ0n) is 16.1. The Morgan fingerprint density at radius 3 is 2.77 bits per heavy atom. The SMILES string of the molecule is C[C@H]1OCc2c1c(N)nc1cnc(C(=O)N(C)Cc3ccc(C(F)(F)F)nn3)cc21. The highest BCUT2D eigenvalue weighted by Gasteiger charge is 2.33. The summed E-state index contributed by atoms with van der Waals surface area (Å²) in [5, 5.41) is 7.45. The Kier molecular flexibility index (Phi) is 4.77. The van der Waals surface area contributed by atoms with E-state index in [1.807, 2.05) is 6.92 Å². The van der Waals surface area contributed by atoms with Gasteiger partial charge in [0.2, 0.25) is 0 Å². The molecule has 1 amide bonds. The summed E-state index contributed by atoms with van der Waals surface area (Å²) in [5.74, 6) is -0.0440. The first-order valence-electron chi connectivity index (χ1n) is 9.00. The van der Waals surface area contributed by atoms with Crippen molar-refractivity contribution in [3.63, 3.8) is 0 Å². The molecule has 1 aliphatic heterocycles. The topological polar surface area (TPSA) is 107 Å². The third-order valence-electron chi connectivity index (χ3n) is 4.91. The summed E-state index contributed by atoms with van der Waals surface area (Å²) >= 11 is 0. The lowest BCUT2D eigenvalue weighted by atomic mass is 10.0. The Bertz CT molecular complexity index is 1130. The van der Waals surface area contributed by atoms with Crippen LogP contribution in [0.15, 0.2) is 24.4 Å². The lowest BCUT2D eigenvalue weighted by Gasteiger charge is -2.17. The van der Waals surface area contributed by atoms with Gasteiger partial charge in [-0.25, -0.2) is 9.97 Å². The summed E-state index contributed by atoms with van der Waals surface area (Å²) in [6.45, 7) is 2.21. The van der Waals surface area contributed by atoms with Gasteiger partial charge in [-0.1, -0.05) is 0 Å². The first-order valence-corrected chi connectivity index (χ1v) is 9.00. The predicted molar refractivity (Wildman–Crippen MR) is 100.0 cm³/mol. The fraction of sp³-hybridized carbons (Fsp3) is 0.316. The number of nitrogens with two attached hydrogens (primary N) is 1. The van der Waals surface area contributed by atoms with Crippen LogP contribution in [0.1, 0.15) is 46.0 Å². The molecule has 4 heterocycles. The zero-order valence-corrected chi connectivity index (χ0v) is 16.1. The number of hydrogen-bond donors (Lipinski definition) is 1. The fourth-order valence-electron chi connectivity index (χ4n) is 3.39. The number of rotatable bonds is 3. The number of hydrogen-bond acceptors (Lipinski definition) is 7. The van der Waals surface area contributed by atoms with Crippen molar-refractivity contribution in [2.45, 2.75) is 32.4 Å². The van der Waals surface area contributed by atoms with Crippen molar-refractivity contribution >= 4 is 22.6 Å². The molecule has 0 saturated heterocycles. The quantitative estimate of drug-likeness (QED) is 0.697. The van der Waals surface area contributed by atoms with Crippen LogP contribution in [-0.4, -0.2) is 38.0 Å². The van der Waals surface area contributed by atoms with Crippen LogP contribution in [0, 0.1) is 0 Å². The Labute approximate surface area is 168 Å². The Balaban J connectivity index is 1.59. The van der Waals surface area contributed by atoms with Gasteiger partial charge in [0.15, 0.2) is 5.69 Å². The molecule has 0 unspecified atom stereocenters. The second kappa shape index (κ2) is 7.17. The van der Waals surface area contributed by atoms with Crippen LogP contribution < -0.4 is 5.73 Å². The monoisotopic (exact) mass is 418 g/mol. The van der Waals surface area contributed by atoms with Crippen LogP contribution in [0.4, 0.5) is 19.0 Å². The second-order valence-electron chi connectivity index (χ2n) is 7.00. The fourth-order valence-corrected chi connectivity index (χ4v) is 3.39. The van der Waals surface area contributed by atoms with Crippen LogP contribution in [0.25, 0.3) is 10.9 Å². The van der Waals surface area contributed by atoms with E-state index in [2.05, 4.69) is 20.2 Å². The van der Waals surface area contributed by atoms with Crippen molar-refractivity contribution in [2.24, 2.45) is 0 Å². The van der Waals surface area contributed by atoms with Gasteiger partial charge in [0.25, 0.3) is 5.91 Å². The highest BCUT2D eigenvalue weighted by molar-refractivity contribution is 5.97. The van der Waals surface area contributed by atoms with Gasteiger partial charge in [-0.05, 0) is 30.7 Å². The van der Waals surface area contributed by atoms with Crippen molar-refractivity contribution in [1.82, 2.24) is 25.1 Å². The average molecular weight is 418 g/mol. The second-order valence-corrected chi connectivity index (χ2v) is 7.00. The van der Waals surface area contributed by atoms with Gasteiger partial charge >= 0.3 is 6.18 Å². The summed E-state index contributed by atoms with van der Waals surface area (Å²) in [4.78, 5) is 22.6. The van der Waals surface area contributed by atoms with Crippen LogP contribution in [-0.2, 0) is 24.1 Å². The van der Waals surface area contributed by atoms with E-state index in [0.717, 1.165) is 22.6 Å². The van der Waals surface area contributed by atoms with Crippen molar-refractivity contribution in [3.8, 4) is 0 Å². The third-order valence-corrected chi connectivity index (χ3v) is 4.91. The predicted octanol–water partition coefficient (Wildman–Crippen LogP) is 2.88. The van der Waals surface area contributed by atoms with Gasteiger partial charge in [0.1, 0.15) is 11.5 Å². The van der Waals surface area contributed by atoms with Gasteiger partial charge in [0.05, 0.1) is 36.7 Å². The molecule has 0 aromatic carbocycles. The molecule has 0 spiro atoms. The molecular formula is C19H17F3N6O2. The summed E-state index contributed by atoms with van der Waals surface area (Å²) in [5.41, 5.74) is 7.55. The molecule has 156 valence electrons. The Morgan fingerprint density at radius 1 is 1.33 bits per heavy atom. The maximum atomic E-state index is 12.8. The van der Waals surface area contributed by atoms with Crippen molar-refractivity contribution in [2.75, 3.05) is 12.8 Å². The Morgan fingerprint density at radius 2 is 2.10 bits per heavy atom. The van der Waals surface area contributed by atoms with Gasteiger partial charge in [-0.3, -0.25) is 4.79 Å². The normalized spacial score (nSPS) is 16.0. The molecule has 0 saturated carbocycles. The number of halogens is 3. The maximum absolute atomic E-state index is 12.8. The zero-order chi connectivity index (χ0) is 21.6. The molecule has 0 fully saturated rings. The molecule has 2 N–H and O–H groups in total. The van der Waals surface area contributed by atoms with E-state index in [-0.39, 0.29) is 24.0 Å². The molecule has 1 atom stereocenters. The van der Waals surface area contributed by atoms with E-state index >= 15 is 0 Å². The highest BCUT2D eigenvalue weighted by Crippen LogP contribution is 2.38. The highest BCUT2D eigenvalue weighted by atomic mass is 19.4. The van der Waals surface area contributed by atoms with Crippen LogP contribution in [0.5, 0.6) is 0 Å². The minimum Gasteiger partial charge on any atom is -0.383 e. The van der Waals surface area contributed by atoms with Crippen molar-refractivity contribution in [1.29, 1.82) is 0 Å². The minimum absolute atomic E-state index is 0.0259. The largest absolute Gasteiger partial charge is 0.435 e. The van der Waals surface area contributed by atoms with Gasteiger partial charge < -0.3 is 15.4 Å². The minimum atomic E-state index is -4.57. The van der Waals surface area contributed by atoms with Crippen LogP contribution >= 0.6 is 0 Å². The summed E-state index contributed by atoms with van der Waals surface area (Å²) in [6.07, 6.45) is -3.29. The van der Waals surface area contributed by atoms with Crippen LogP contribution in [0.3, 0.4) is 0 Å². The van der Waals surface area contributed by atoms with E-state index in [1.165, 1.54) is 24.2 Å². The van der Waals surface area contributed by atoms with Gasteiger partial charge in [-0.2, -0.15) is 18.3 Å². The van der Waals surface area contributed by atoms with E-state index in [0.29, 0.717) is 17.9 Å². The van der Waals surface area contributed by atoms with Crippen molar-refractivity contribution in [3.05, 3.63) is 52.6 Å². The first-order chi connectivity index (χ1) is 14.1. The lowest BCUT2D eigenvalue weighted by molar-refractivity contribution is -0.141. The lowest BCUT2D eigenvalue weighted by Crippen LogP contribution is -2.27. The number of nitrogen functional groups attached to an aromatic ring is 1. The third kappa shape index (κ3) is 3.52. The number of amides is 1. The molecule has 11 heteroatoms. The molecule has 3 aromatic rings. The molecular weight excluding hydrogens is 401 g/mol. The number of fused-ring (bicyclic) bond motifs is 3. The number of pyridine rings is 2. The smallest absolute Gasteiger partial charge is 0.383 e. The molecule has 4 rings (SSSR count). The van der Waals surface area contributed by atoms with E-state index < -0.39 is 17.8 Å². The number of carbonyl (C=O) groups is 1. The average Bonchev–Trinajstić information content (AvgIpc) is 3.09. The van der Waals surface area contributed by atoms with Gasteiger partial charge in [0, 0.05) is 18.0 Å². The van der Waals surface area contributed by atoms with Gasteiger partial charge in [-0.15, -0.1) is 5.10 Å². The summed E-state index contributed by atoms with van der Waals surface area (Å²) < 4.78 is 43.5. The summed E-state index contributed by atoms with van der Waals surface area (Å²) in [6, 6.07) is 3.64. The maximum Gasteiger partial charge on any atom is 0.435 e. The Hall–Kier alpha value is -3.34.